The van der Waals surface area contributed by atoms with E-state index >= 15 is 0 Å². The van der Waals surface area contributed by atoms with Crippen LogP contribution in [0, 0.1) is 6.92 Å². The van der Waals surface area contributed by atoms with Gasteiger partial charge < -0.3 is 9.84 Å². The number of aryl methyl sites for hydroxylation is 2. The van der Waals surface area contributed by atoms with E-state index in [0.29, 0.717) is 30.2 Å². The molecule has 0 aliphatic heterocycles. The first-order chi connectivity index (χ1) is 14.3. The Balaban J connectivity index is 1.57. The van der Waals surface area contributed by atoms with Crippen LogP contribution in [0.4, 0.5) is 5.69 Å². The summed E-state index contributed by atoms with van der Waals surface area (Å²) >= 11 is 0. The van der Waals surface area contributed by atoms with Crippen LogP contribution in [0.1, 0.15) is 24.3 Å². The van der Waals surface area contributed by atoms with Crippen molar-refractivity contribution in [2.75, 3.05) is 19.4 Å². The fraction of sp³-hybridized carbons (Fsp3) is 0.286. The van der Waals surface area contributed by atoms with Gasteiger partial charge in [-0.15, -0.1) is 0 Å². The third-order valence-electron chi connectivity index (χ3n) is 4.56. The molecule has 1 amide bonds. The van der Waals surface area contributed by atoms with Gasteiger partial charge in [-0.2, -0.15) is 4.98 Å². The van der Waals surface area contributed by atoms with E-state index in [-0.39, 0.29) is 17.2 Å². The molecule has 0 aliphatic rings. The first kappa shape index (κ1) is 21.7. The zero-order chi connectivity index (χ0) is 21.7. The third-order valence-corrected chi connectivity index (χ3v) is 6.37. The quantitative estimate of drug-likeness (QED) is 0.590. The van der Waals surface area contributed by atoms with Crippen LogP contribution in [-0.4, -0.2) is 42.9 Å². The minimum atomic E-state index is -3.57. The fourth-order valence-corrected chi connectivity index (χ4v) is 3.71. The molecule has 0 aliphatic carbocycles. The number of carbonyl (C=O) groups excluding carboxylic acids is 1. The maximum atomic E-state index is 12.3. The Morgan fingerprint density at radius 2 is 1.87 bits per heavy atom. The second-order valence-corrected chi connectivity index (χ2v) is 9.20. The number of hydrogen-bond acceptors (Lipinski definition) is 6. The smallest absolute Gasteiger partial charge is 0.242 e. The van der Waals surface area contributed by atoms with Crippen LogP contribution >= 0.6 is 0 Å². The number of carbonyl (C=O) groups is 1. The summed E-state index contributed by atoms with van der Waals surface area (Å²) in [6, 6.07) is 14.2. The van der Waals surface area contributed by atoms with Crippen molar-refractivity contribution in [2.24, 2.45) is 0 Å². The lowest BCUT2D eigenvalue weighted by molar-refractivity contribution is -0.116. The number of nitrogens with one attached hydrogen (secondary N) is 1. The molecular formula is C21H24N4O4S. The minimum absolute atomic E-state index is 0.132. The van der Waals surface area contributed by atoms with Gasteiger partial charge in [0.25, 0.3) is 0 Å². The van der Waals surface area contributed by atoms with Gasteiger partial charge in [0.15, 0.2) is 0 Å². The van der Waals surface area contributed by atoms with E-state index in [4.69, 9.17) is 4.52 Å². The van der Waals surface area contributed by atoms with E-state index in [2.05, 4.69) is 15.5 Å². The molecule has 0 fully saturated rings. The molecule has 9 heteroatoms. The van der Waals surface area contributed by atoms with Crippen molar-refractivity contribution in [3.8, 4) is 11.4 Å². The molecule has 30 heavy (non-hydrogen) atoms. The van der Waals surface area contributed by atoms with Gasteiger partial charge in [-0.05, 0) is 31.0 Å². The van der Waals surface area contributed by atoms with Gasteiger partial charge in [0.1, 0.15) is 0 Å². The van der Waals surface area contributed by atoms with Crippen LogP contribution in [0.25, 0.3) is 11.4 Å². The first-order valence-corrected chi connectivity index (χ1v) is 10.9. The van der Waals surface area contributed by atoms with Gasteiger partial charge in [-0.25, -0.2) is 12.7 Å². The van der Waals surface area contributed by atoms with Crippen molar-refractivity contribution in [1.82, 2.24) is 14.4 Å². The predicted octanol–water partition coefficient (Wildman–Crippen LogP) is 3.26. The average Bonchev–Trinajstić information content (AvgIpc) is 3.19. The number of sulfonamides is 1. The number of anilines is 1. The Labute approximate surface area is 176 Å². The Morgan fingerprint density at radius 1 is 1.13 bits per heavy atom. The molecule has 3 rings (SSSR count). The summed E-state index contributed by atoms with van der Waals surface area (Å²) in [5.41, 5.74) is 2.13. The molecule has 0 saturated heterocycles. The molecule has 1 aromatic heterocycles. The maximum Gasteiger partial charge on any atom is 0.242 e. The highest BCUT2D eigenvalue weighted by Gasteiger charge is 2.18. The summed E-state index contributed by atoms with van der Waals surface area (Å²) in [5, 5.41) is 6.75. The SMILES string of the molecule is Cc1ccc(S(=O)(=O)N(C)C)cc1NC(=O)CCCc1nc(-c2ccccc2)no1. The van der Waals surface area contributed by atoms with E-state index in [1.807, 2.05) is 37.3 Å². The molecule has 0 bridgehead atoms. The molecule has 3 aromatic rings. The molecule has 0 spiro atoms. The van der Waals surface area contributed by atoms with Gasteiger partial charge in [-0.1, -0.05) is 41.6 Å². The Hall–Kier alpha value is -3.04. The number of rotatable bonds is 8. The summed E-state index contributed by atoms with van der Waals surface area (Å²) in [6.07, 6.45) is 1.24. The van der Waals surface area contributed by atoms with Crippen molar-refractivity contribution in [3.05, 3.63) is 60.0 Å². The van der Waals surface area contributed by atoms with Crippen LogP contribution in [0.3, 0.4) is 0 Å². The predicted molar refractivity (Wildman–Crippen MR) is 113 cm³/mol. The molecule has 0 unspecified atom stereocenters. The zero-order valence-electron chi connectivity index (χ0n) is 17.1. The van der Waals surface area contributed by atoms with E-state index in [0.717, 1.165) is 15.4 Å². The minimum Gasteiger partial charge on any atom is -0.339 e. The molecule has 2 aromatic carbocycles. The molecule has 0 radical (unpaired) electrons. The second kappa shape index (κ2) is 9.19. The molecule has 0 saturated carbocycles. The Bertz CT molecular complexity index is 1120. The van der Waals surface area contributed by atoms with Gasteiger partial charge in [0.2, 0.25) is 27.6 Å². The third kappa shape index (κ3) is 5.11. The van der Waals surface area contributed by atoms with Crippen LogP contribution < -0.4 is 5.32 Å². The van der Waals surface area contributed by atoms with Gasteiger partial charge in [0.05, 0.1) is 4.90 Å². The lowest BCUT2D eigenvalue weighted by Crippen LogP contribution is -2.22. The fourth-order valence-electron chi connectivity index (χ4n) is 2.78. The largest absolute Gasteiger partial charge is 0.339 e. The lowest BCUT2D eigenvalue weighted by Gasteiger charge is -2.14. The molecule has 1 N–H and O–H groups in total. The number of hydrogen-bond donors (Lipinski definition) is 1. The van der Waals surface area contributed by atoms with Crippen molar-refractivity contribution in [1.29, 1.82) is 0 Å². The second-order valence-electron chi connectivity index (χ2n) is 7.04. The summed E-state index contributed by atoms with van der Waals surface area (Å²) in [7, 11) is -0.638. The van der Waals surface area contributed by atoms with Crippen LogP contribution in [0.2, 0.25) is 0 Å². The summed E-state index contributed by atoms with van der Waals surface area (Å²) in [4.78, 5) is 16.8. The molecular weight excluding hydrogens is 404 g/mol. The average molecular weight is 429 g/mol. The first-order valence-electron chi connectivity index (χ1n) is 9.48. The number of amides is 1. The Kier molecular flexibility index (Phi) is 6.63. The summed E-state index contributed by atoms with van der Waals surface area (Å²) in [6.45, 7) is 1.81. The van der Waals surface area contributed by atoms with E-state index in [1.54, 1.807) is 6.07 Å². The molecule has 0 atom stereocenters. The summed E-state index contributed by atoms with van der Waals surface area (Å²) < 4.78 is 31.0. The highest BCUT2D eigenvalue weighted by atomic mass is 32.2. The number of benzene rings is 2. The standard InChI is InChI=1S/C21H24N4O4S/c1-15-12-13-17(30(27,28)25(2)3)14-18(15)22-19(26)10-7-11-20-23-21(24-29-20)16-8-5-4-6-9-16/h4-6,8-9,12-14H,7,10-11H2,1-3H3,(H,22,26). The maximum absolute atomic E-state index is 12.3. The summed E-state index contributed by atoms with van der Waals surface area (Å²) in [5.74, 6) is 0.779. The topological polar surface area (TPSA) is 105 Å². The van der Waals surface area contributed by atoms with Crippen molar-refractivity contribution >= 4 is 21.6 Å². The van der Waals surface area contributed by atoms with Gasteiger partial charge >= 0.3 is 0 Å². The monoisotopic (exact) mass is 428 g/mol. The van der Waals surface area contributed by atoms with Crippen LogP contribution in [0.5, 0.6) is 0 Å². The molecule has 8 nitrogen and oxygen atoms in total. The zero-order valence-corrected chi connectivity index (χ0v) is 17.9. The lowest BCUT2D eigenvalue weighted by atomic mass is 10.2. The number of nitrogens with zero attached hydrogens (tertiary/aromatic N) is 3. The van der Waals surface area contributed by atoms with Crippen molar-refractivity contribution in [3.63, 3.8) is 0 Å². The van der Waals surface area contributed by atoms with Crippen LogP contribution in [0.15, 0.2) is 57.9 Å². The normalized spacial score (nSPS) is 11.6. The van der Waals surface area contributed by atoms with Crippen LogP contribution in [-0.2, 0) is 21.2 Å². The molecule has 1 heterocycles. The van der Waals surface area contributed by atoms with Gasteiger partial charge in [-0.3, -0.25) is 4.79 Å². The molecule has 158 valence electrons. The van der Waals surface area contributed by atoms with E-state index in [1.165, 1.54) is 26.2 Å². The number of aromatic nitrogens is 2. The Morgan fingerprint density at radius 3 is 2.57 bits per heavy atom. The van der Waals surface area contributed by atoms with Crippen molar-refractivity contribution in [2.45, 2.75) is 31.1 Å². The van der Waals surface area contributed by atoms with E-state index in [9.17, 15) is 13.2 Å². The van der Waals surface area contributed by atoms with Crippen molar-refractivity contribution < 1.29 is 17.7 Å². The highest BCUT2D eigenvalue weighted by Crippen LogP contribution is 2.22. The van der Waals surface area contributed by atoms with Gasteiger partial charge in [0, 0.05) is 38.2 Å². The van der Waals surface area contributed by atoms with E-state index < -0.39 is 10.0 Å². The highest BCUT2D eigenvalue weighted by molar-refractivity contribution is 7.89.